The highest BCUT2D eigenvalue weighted by Crippen LogP contribution is 2.29. The van der Waals surface area contributed by atoms with Crippen LogP contribution >= 0.6 is 0 Å². The molecule has 1 aliphatic rings. The van der Waals surface area contributed by atoms with Crippen LogP contribution < -0.4 is 10.1 Å². The van der Waals surface area contributed by atoms with E-state index in [-0.39, 0.29) is 12.5 Å². The molecule has 3 rings (SSSR count). The summed E-state index contributed by atoms with van der Waals surface area (Å²) >= 11 is 0. The molecule has 0 saturated heterocycles. The molecule has 2 N–H and O–H groups in total. The van der Waals surface area contributed by atoms with Gasteiger partial charge in [-0.2, -0.15) is 0 Å². The predicted molar refractivity (Wildman–Crippen MR) is 98.0 cm³/mol. The molecule has 0 spiro atoms. The number of carbonyl (C=O) groups excluding carboxylic acids is 1. The van der Waals surface area contributed by atoms with Crippen LogP contribution in [0.1, 0.15) is 41.3 Å². The van der Waals surface area contributed by atoms with E-state index in [1.165, 1.54) is 0 Å². The SMILES string of the molecule is CCCCOc1ccc(C(=O)NCC2(O)Cc3ccccc3C2)cc1. The highest BCUT2D eigenvalue weighted by atomic mass is 16.5. The number of ether oxygens (including phenoxy) is 1. The maximum absolute atomic E-state index is 12.3. The number of aliphatic hydroxyl groups is 1. The minimum absolute atomic E-state index is 0.176. The molecule has 0 fully saturated rings. The van der Waals surface area contributed by atoms with Crippen molar-refractivity contribution in [1.29, 1.82) is 0 Å². The summed E-state index contributed by atoms with van der Waals surface area (Å²) in [6.07, 6.45) is 3.26. The van der Waals surface area contributed by atoms with Crippen molar-refractivity contribution in [1.82, 2.24) is 5.32 Å². The van der Waals surface area contributed by atoms with Crippen LogP contribution in [0.4, 0.5) is 0 Å². The van der Waals surface area contributed by atoms with Crippen LogP contribution in [0.25, 0.3) is 0 Å². The number of hydrogen-bond donors (Lipinski definition) is 2. The number of hydrogen-bond acceptors (Lipinski definition) is 3. The third kappa shape index (κ3) is 4.40. The molecular weight excluding hydrogens is 314 g/mol. The number of nitrogens with one attached hydrogen (secondary N) is 1. The number of fused-ring (bicyclic) bond motifs is 1. The third-order valence-corrected chi connectivity index (χ3v) is 4.62. The van der Waals surface area contributed by atoms with E-state index in [0.717, 1.165) is 29.7 Å². The fourth-order valence-electron chi connectivity index (χ4n) is 3.18. The fraction of sp³-hybridized carbons (Fsp3) is 0.381. The summed E-state index contributed by atoms with van der Waals surface area (Å²) < 4.78 is 5.60. The molecule has 4 heteroatoms. The van der Waals surface area contributed by atoms with Crippen LogP contribution in [0.2, 0.25) is 0 Å². The summed E-state index contributed by atoms with van der Waals surface area (Å²) in [6, 6.07) is 15.2. The Morgan fingerprint density at radius 3 is 2.36 bits per heavy atom. The quantitative estimate of drug-likeness (QED) is 0.762. The van der Waals surface area contributed by atoms with Crippen molar-refractivity contribution in [2.75, 3.05) is 13.2 Å². The normalized spacial score (nSPS) is 14.8. The van der Waals surface area contributed by atoms with Crippen LogP contribution in [0.3, 0.4) is 0 Å². The molecule has 1 aliphatic carbocycles. The summed E-state index contributed by atoms with van der Waals surface area (Å²) in [7, 11) is 0. The van der Waals surface area contributed by atoms with E-state index in [2.05, 4.69) is 12.2 Å². The van der Waals surface area contributed by atoms with Crippen molar-refractivity contribution in [3.63, 3.8) is 0 Å². The van der Waals surface area contributed by atoms with Crippen molar-refractivity contribution in [2.45, 2.75) is 38.2 Å². The molecule has 0 unspecified atom stereocenters. The van der Waals surface area contributed by atoms with Crippen molar-refractivity contribution in [2.24, 2.45) is 0 Å². The van der Waals surface area contributed by atoms with Crippen molar-refractivity contribution >= 4 is 5.91 Å². The lowest BCUT2D eigenvalue weighted by molar-refractivity contribution is 0.0480. The Bertz CT molecular complexity index is 699. The molecule has 4 nitrogen and oxygen atoms in total. The lowest BCUT2D eigenvalue weighted by Gasteiger charge is -2.22. The van der Waals surface area contributed by atoms with Gasteiger partial charge in [0.05, 0.1) is 12.2 Å². The molecule has 0 bridgehead atoms. The summed E-state index contributed by atoms with van der Waals surface area (Å²) in [5.74, 6) is 0.597. The molecular formula is C21H25NO3. The first-order valence-corrected chi connectivity index (χ1v) is 8.90. The van der Waals surface area contributed by atoms with E-state index in [1.807, 2.05) is 36.4 Å². The van der Waals surface area contributed by atoms with Crippen molar-refractivity contribution in [3.05, 3.63) is 65.2 Å². The van der Waals surface area contributed by atoms with E-state index in [4.69, 9.17) is 4.74 Å². The van der Waals surface area contributed by atoms with E-state index in [1.54, 1.807) is 12.1 Å². The highest BCUT2D eigenvalue weighted by Gasteiger charge is 2.35. The van der Waals surface area contributed by atoms with Crippen LogP contribution in [0.15, 0.2) is 48.5 Å². The van der Waals surface area contributed by atoms with Gasteiger partial charge in [-0.25, -0.2) is 0 Å². The van der Waals surface area contributed by atoms with Gasteiger partial charge in [-0.3, -0.25) is 4.79 Å². The zero-order valence-corrected chi connectivity index (χ0v) is 14.6. The van der Waals surface area contributed by atoms with E-state index in [9.17, 15) is 9.90 Å². The molecule has 132 valence electrons. The molecule has 0 saturated carbocycles. The Morgan fingerprint density at radius 2 is 1.76 bits per heavy atom. The first-order valence-electron chi connectivity index (χ1n) is 8.90. The van der Waals surface area contributed by atoms with Crippen LogP contribution in [0, 0.1) is 0 Å². The second-order valence-corrected chi connectivity index (χ2v) is 6.76. The minimum Gasteiger partial charge on any atom is -0.494 e. The predicted octanol–water partition coefficient (Wildman–Crippen LogP) is 3.13. The lowest BCUT2D eigenvalue weighted by Crippen LogP contribution is -2.43. The van der Waals surface area contributed by atoms with Gasteiger partial charge in [0.15, 0.2) is 0 Å². The lowest BCUT2D eigenvalue weighted by atomic mass is 10.0. The number of unbranched alkanes of at least 4 members (excludes halogenated alkanes) is 1. The summed E-state index contributed by atoms with van der Waals surface area (Å²) in [5, 5.41) is 13.6. The topological polar surface area (TPSA) is 58.6 Å². The Hall–Kier alpha value is -2.33. The Balaban J connectivity index is 1.53. The molecule has 0 aromatic heterocycles. The monoisotopic (exact) mass is 339 g/mol. The Morgan fingerprint density at radius 1 is 1.12 bits per heavy atom. The van der Waals surface area contributed by atoms with Gasteiger partial charge < -0.3 is 15.2 Å². The zero-order valence-electron chi connectivity index (χ0n) is 14.6. The molecule has 0 heterocycles. The Labute approximate surface area is 148 Å². The molecule has 1 amide bonds. The van der Waals surface area contributed by atoms with Crippen LogP contribution in [-0.2, 0) is 12.8 Å². The van der Waals surface area contributed by atoms with Crippen LogP contribution in [-0.4, -0.2) is 29.8 Å². The fourth-order valence-corrected chi connectivity index (χ4v) is 3.18. The summed E-state index contributed by atoms with van der Waals surface area (Å²) in [6.45, 7) is 3.05. The van der Waals surface area contributed by atoms with Gasteiger partial charge in [-0.05, 0) is 41.8 Å². The molecule has 25 heavy (non-hydrogen) atoms. The van der Waals surface area contributed by atoms with Crippen LogP contribution in [0.5, 0.6) is 5.75 Å². The van der Waals surface area contributed by atoms with Crippen molar-refractivity contribution in [3.8, 4) is 5.75 Å². The molecule has 2 aromatic rings. The first kappa shape index (κ1) is 17.5. The smallest absolute Gasteiger partial charge is 0.251 e. The second kappa shape index (κ2) is 7.70. The van der Waals surface area contributed by atoms with Gasteiger partial charge in [-0.15, -0.1) is 0 Å². The number of benzene rings is 2. The van der Waals surface area contributed by atoms with Gasteiger partial charge in [0.25, 0.3) is 5.91 Å². The van der Waals surface area contributed by atoms with Crippen molar-refractivity contribution < 1.29 is 14.6 Å². The summed E-state index contributed by atoms with van der Waals surface area (Å²) in [4.78, 5) is 12.3. The number of amides is 1. The van der Waals surface area contributed by atoms with Gasteiger partial charge in [0.1, 0.15) is 5.75 Å². The maximum atomic E-state index is 12.3. The van der Waals surface area contributed by atoms with Gasteiger partial charge >= 0.3 is 0 Å². The molecule has 2 aromatic carbocycles. The third-order valence-electron chi connectivity index (χ3n) is 4.62. The first-order chi connectivity index (χ1) is 12.1. The zero-order chi connectivity index (χ0) is 17.7. The minimum atomic E-state index is -0.900. The highest BCUT2D eigenvalue weighted by molar-refractivity contribution is 5.94. The Kier molecular flexibility index (Phi) is 5.39. The molecule has 0 radical (unpaired) electrons. The van der Waals surface area contributed by atoms with Gasteiger partial charge in [-0.1, -0.05) is 37.6 Å². The number of rotatable bonds is 7. The standard InChI is InChI=1S/C21H25NO3/c1-2-3-12-25-19-10-8-16(9-11-19)20(23)22-15-21(24)13-17-6-4-5-7-18(17)14-21/h4-11,24H,2-3,12-15H2,1H3,(H,22,23). The largest absolute Gasteiger partial charge is 0.494 e. The van der Waals surface area contributed by atoms with E-state index in [0.29, 0.717) is 25.0 Å². The molecule has 0 atom stereocenters. The van der Waals surface area contributed by atoms with Gasteiger partial charge in [0, 0.05) is 24.9 Å². The molecule has 0 aliphatic heterocycles. The second-order valence-electron chi connectivity index (χ2n) is 6.76. The maximum Gasteiger partial charge on any atom is 0.251 e. The number of carbonyl (C=O) groups is 1. The van der Waals surface area contributed by atoms with E-state index < -0.39 is 5.60 Å². The summed E-state index contributed by atoms with van der Waals surface area (Å²) in [5.41, 5.74) is 1.99. The average molecular weight is 339 g/mol. The average Bonchev–Trinajstić information content (AvgIpc) is 2.97. The van der Waals surface area contributed by atoms with E-state index >= 15 is 0 Å². The van der Waals surface area contributed by atoms with Gasteiger partial charge in [0.2, 0.25) is 0 Å².